The Morgan fingerprint density at radius 2 is 2.00 bits per heavy atom. The van der Waals surface area contributed by atoms with Crippen molar-refractivity contribution < 1.29 is 18.4 Å². The van der Waals surface area contributed by atoms with E-state index in [9.17, 15) is 14.0 Å². The van der Waals surface area contributed by atoms with E-state index in [1.165, 1.54) is 12.3 Å². The zero-order valence-electron chi connectivity index (χ0n) is 16.6. The van der Waals surface area contributed by atoms with E-state index in [1.54, 1.807) is 34.9 Å². The molecule has 0 atom stereocenters. The number of nitrogens with one attached hydrogen (secondary N) is 2. The normalized spacial score (nSPS) is 10.9. The van der Waals surface area contributed by atoms with Crippen molar-refractivity contribution in [2.75, 3.05) is 5.75 Å². The van der Waals surface area contributed by atoms with Gasteiger partial charge in [0.1, 0.15) is 11.6 Å². The number of benzene rings is 1. The van der Waals surface area contributed by atoms with E-state index in [1.807, 2.05) is 13.8 Å². The standard InChI is InChI=1S/C20H22FN5O3S/c1-13(2)11-26-18(15-7-3-4-8-16(15)21)24-25-20(26)30-12-17(27)23-19(28)22-10-14-6-5-9-29-14/h3-9,13H,10-12H2,1-2H3,(H2,22,23,27,28). The maximum atomic E-state index is 14.2. The lowest BCUT2D eigenvalue weighted by Gasteiger charge is -2.13. The van der Waals surface area contributed by atoms with Gasteiger partial charge in [-0.05, 0) is 30.2 Å². The average Bonchev–Trinajstić information content (AvgIpc) is 3.35. The third kappa shape index (κ3) is 5.69. The highest BCUT2D eigenvalue weighted by atomic mass is 32.2. The van der Waals surface area contributed by atoms with Crippen LogP contribution in [0.3, 0.4) is 0 Å². The Labute approximate surface area is 177 Å². The zero-order valence-corrected chi connectivity index (χ0v) is 17.4. The number of halogens is 1. The second-order valence-corrected chi connectivity index (χ2v) is 7.83. The smallest absolute Gasteiger partial charge is 0.321 e. The number of urea groups is 1. The van der Waals surface area contributed by atoms with Gasteiger partial charge < -0.3 is 14.3 Å². The number of aromatic nitrogens is 3. The van der Waals surface area contributed by atoms with E-state index in [-0.39, 0.29) is 18.2 Å². The molecule has 30 heavy (non-hydrogen) atoms. The first kappa shape index (κ1) is 21.6. The van der Waals surface area contributed by atoms with E-state index in [4.69, 9.17) is 4.42 Å². The summed E-state index contributed by atoms with van der Waals surface area (Å²) in [5.74, 6) is 0.324. The molecule has 0 bridgehead atoms. The van der Waals surface area contributed by atoms with Gasteiger partial charge in [0.2, 0.25) is 5.91 Å². The largest absolute Gasteiger partial charge is 0.467 e. The summed E-state index contributed by atoms with van der Waals surface area (Å²) in [4.78, 5) is 23.9. The molecule has 0 radical (unpaired) electrons. The van der Waals surface area contributed by atoms with Gasteiger partial charge >= 0.3 is 6.03 Å². The minimum absolute atomic E-state index is 0.0400. The van der Waals surface area contributed by atoms with Crippen LogP contribution in [-0.2, 0) is 17.9 Å². The van der Waals surface area contributed by atoms with Crippen molar-refractivity contribution in [2.24, 2.45) is 5.92 Å². The van der Waals surface area contributed by atoms with Crippen molar-refractivity contribution in [3.05, 3.63) is 54.2 Å². The molecule has 8 nitrogen and oxygen atoms in total. The molecule has 2 N–H and O–H groups in total. The lowest BCUT2D eigenvalue weighted by Crippen LogP contribution is -2.39. The van der Waals surface area contributed by atoms with Crippen LogP contribution in [-0.4, -0.2) is 32.5 Å². The average molecular weight is 431 g/mol. The highest BCUT2D eigenvalue weighted by molar-refractivity contribution is 7.99. The van der Waals surface area contributed by atoms with Gasteiger partial charge in [0.25, 0.3) is 0 Å². The van der Waals surface area contributed by atoms with Gasteiger partial charge in [-0.2, -0.15) is 0 Å². The predicted molar refractivity (Wildman–Crippen MR) is 110 cm³/mol. The van der Waals surface area contributed by atoms with Crippen molar-refractivity contribution >= 4 is 23.7 Å². The van der Waals surface area contributed by atoms with Crippen LogP contribution in [0.5, 0.6) is 0 Å². The lowest BCUT2D eigenvalue weighted by atomic mass is 10.2. The van der Waals surface area contributed by atoms with Crippen LogP contribution in [0.4, 0.5) is 9.18 Å². The number of thioether (sulfide) groups is 1. The summed E-state index contributed by atoms with van der Waals surface area (Å²) in [6.45, 7) is 4.78. The molecule has 0 aliphatic rings. The Hall–Kier alpha value is -3.14. The summed E-state index contributed by atoms with van der Waals surface area (Å²) in [6, 6.07) is 9.15. The molecule has 0 unspecified atom stereocenters. The molecule has 158 valence electrons. The fourth-order valence-electron chi connectivity index (χ4n) is 2.68. The highest BCUT2D eigenvalue weighted by Crippen LogP contribution is 2.26. The van der Waals surface area contributed by atoms with Gasteiger partial charge in [-0.3, -0.25) is 10.1 Å². The first-order valence-electron chi connectivity index (χ1n) is 9.35. The predicted octanol–water partition coefficient (Wildman–Crippen LogP) is 3.45. The fraction of sp³-hybridized carbons (Fsp3) is 0.300. The number of carbonyl (C=O) groups excluding carboxylic acids is 2. The van der Waals surface area contributed by atoms with E-state index >= 15 is 0 Å². The van der Waals surface area contributed by atoms with Gasteiger partial charge in [-0.1, -0.05) is 37.7 Å². The van der Waals surface area contributed by atoms with Crippen LogP contribution in [0.2, 0.25) is 0 Å². The molecule has 3 rings (SSSR count). The van der Waals surface area contributed by atoms with Crippen molar-refractivity contribution in [3.8, 4) is 11.4 Å². The minimum Gasteiger partial charge on any atom is -0.467 e. The monoisotopic (exact) mass is 431 g/mol. The quantitative estimate of drug-likeness (QED) is 0.530. The van der Waals surface area contributed by atoms with E-state index < -0.39 is 17.8 Å². The third-order valence-corrected chi connectivity index (χ3v) is 4.93. The lowest BCUT2D eigenvalue weighted by molar-refractivity contribution is -0.117. The molecule has 3 aromatic rings. The third-order valence-electron chi connectivity index (χ3n) is 3.97. The maximum absolute atomic E-state index is 14.2. The summed E-state index contributed by atoms with van der Waals surface area (Å²) in [6.07, 6.45) is 1.50. The molecule has 0 aliphatic heterocycles. The number of amides is 3. The van der Waals surface area contributed by atoms with Crippen LogP contribution >= 0.6 is 11.8 Å². The van der Waals surface area contributed by atoms with Crippen molar-refractivity contribution in [2.45, 2.75) is 32.1 Å². The molecule has 0 fully saturated rings. The number of furan rings is 1. The van der Waals surface area contributed by atoms with E-state index in [0.717, 1.165) is 11.8 Å². The molecule has 0 saturated heterocycles. The molecule has 0 spiro atoms. The molecular formula is C20H22FN5O3S. The van der Waals surface area contributed by atoms with Gasteiger partial charge in [0.15, 0.2) is 11.0 Å². The van der Waals surface area contributed by atoms with Crippen LogP contribution in [0, 0.1) is 11.7 Å². The number of rotatable bonds is 8. The van der Waals surface area contributed by atoms with Crippen LogP contribution in [0.15, 0.2) is 52.2 Å². The summed E-state index contributed by atoms with van der Waals surface area (Å²) >= 11 is 1.13. The number of imide groups is 1. The Morgan fingerprint density at radius 1 is 1.20 bits per heavy atom. The highest BCUT2D eigenvalue weighted by Gasteiger charge is 2.19. The first-order chi connectivity index (χ1) is 14.4. The first-order valence-corrected chi connectivity index (χ1v) is 10.3. The van der Waals surface area contributed by atoms with Gasteiger partial charge in [-0.15, -0.1) is 10.2 Å². The summed E-state index contributed by atoms with van der Waals surface area (Å²) in [7, 11) is 0. The molecule has 0 saturated carbocycles. The SMILES string of the molecule is CC(C)Cn1c(SCC(=O)NC(=O)NCc2ccco2)nnc1-c1ccccc1F. The zero-order chi connectivity index (χ0) is 21.5. The summed E-state index contributed by atoms with van der Waals surface area (Å²) < 4.78 is 21.1. The molecule has 2 heterocycles. The number of hydrogen-bond donors (Lipinski definition) is 2. The summed E-state index contributed by atoms with van der Waals surface area (Å²) in [5, 5.41) is 13.5. The second-order valence-electron chi connectivity index (χ2n) is 6.89. The Morgan fingerprint density at radius 3 is 2.70 bits per heavy atom. The second kappa shape index (κ2) is 10.1. The molecule has 2 aromatic heterocycles. The molecule has 10 heteroatoms. The Kier molecular flexibility index (Phi) is 7.23. The fourth-order valence-corrected chi connectivity index (χ4v) is 3.43. The molecule has 0 aliphatic carbocycles. The summed E-state index contributed by atoms with van der Waals surface area (Å²) in [5.41, 5.74) is 0.347. The maximum Gasteiger partial charge on any atom is 0.321 e. The number of nitrogens with zero attached hydrogens (tertiary/aromatic N) is 3. The van der Waals surface area contributed by atoms with Crippen LogP contribution < -0.4 is 10.6 Å². The van der Waals surface area contributed by atoms with Crippen molar-refractivity contribution in [3.63, 3.8) is 0 Å². The van der Waals surface area contributed by atoms with Crippen molar-refractivity contribution in [1.29, 1.82) is 0 Å². The number of carbonyl (C=O) groups is 2. The van der Waals surface area contributed by atoms with Gasteiger partial charge in [0, 0.05) is 6.54 Å². The van der Waals surface area contributed by atoms with Gasteiger partial charge in [-0.25, -0.2) is 9.18 Å². The molecular weight excluding hydrogens is 409 g/mol. The van der Waals surface area contributed by atoms with Crippen LogP contribution in [0.1, 0.15) is 19.6 Å². The van der Waals surface area contributed by atoms with E-state index in [0.29, 0.717) is 28.8 Å². The van der Waals surface area contributed by atoms with E-state index in [2.05, 4.69) is 20.8 Å². The Bertz CT molecular complexity index is 1000. The van der Waals surface area contributed by atoms with Crippen LogP contribution in [0.25, 0.3) is 11.4 Å². The molecule has 3 amide bonds. The van der Waals surface area contributed by atoms with Gasteiger partial charge in [0.05, 0.1) is 24.1 Å². The Balaban J connectivity index is 1.62. The number of hydrogen-bond acceptors (Lipinski definition) is 6. The topological polar surface area (TPSA) is 102 Å². The minimum atomic E-state index is -0.618. The van der Waals surface area contributed by atoms with Crippen molar-refractivity contribution in [1.82, 2.24) is 25.4 Å². The molecule has 1 aromatic carbocycles.